The van der Waals surface area contributed by atoms with Crippen LogP contribution >= 0.6 is 23.2 Å². The highest BCUT2D eigenvalue weighted by Crippen LogP contribution is 2.20. The number of hydrogen-bond acceptors (Lipinski definition) is 5. The van der Waals surface area contributed by atoms with E-state index in [9.17, 15) is 4.79 Å². The van der Waals surface area contributed by atoms with Crippen molar-refractivity contribution in [3.8, 4) is 11.5 Å². The van der Waals surface area contributed by atoms with Gasteiger partial charge in [0.25, 0.3) is 5.89 Å². The molecule has 0 aliphatic heterocycles. The molecule has 0 aliphatic carbocycles. The summed E-state index contributed by atoms with van der Waals surface area (Å²) in [5.74, 6) is 0.0457. The van der Waals surface area contributed by atoms with E-state index >= 15 is 0 Å². The zero-order valence-electron chi connectivity index (χ0n) is 11.7. The summed E-state index contributed by atoms with van der Waals surface area (Å²) in [7, 11) is 0. The third kappa shape index (κ3) is 3.88. The molecule has 3 rings (SSSR count). The van der Waals surface area contributed by atoms with Crippen molar-refractivity contribution in [2.75, 3.05) is 0 Å². The Kier molecular flexibility index (Phi) is 4.60. The number of rotatable bonds is 4. The van der Waals surface area contributed by atoms with E-state index in [1.54, 1.807) is 48.5 Å². The normalized spacial score (nSPS) is 10.5. The lowest BCUT2D eigenvalue weighted by Crippen LogP contribution is -2.05. The van der Waals surface area contributed by atoms with Gasteiger partial charge >= 0.3 is 5.97 Å². The van der Waals surface area contributed by atoms with Gasteiger partial charge in [0.2, 0.25) is 5.89 Å². The van der Waals surface area contributed by atoms with Crippen molar-refractivity contribution in [1.82, 2.24) is 10.2 Å². The van der Waals surface area contributed by atoms with Gasteiger partial charge in [-0.1, -0.05) is 23.2 Å². The summed E-state index contributed by atoms with van der Waals surface area (Å²) in [6.07, 6.45) is 0. The van der Waals surface area contributed by atoms with E-state index in [1.165, 1.54) is 0 Å². The number of halogens is 2. The van der Waals surface area contributed by atoms with Crippen LogP contribution in [0.5, 0.6) is 0 Å². The third-order valence-corrected chi connectivity index (χ3v) is 3.47. The summed E-state index contributed by atoms with van der Waals surface area (Å²) in [6.45, 7) is -0.109. The molecule has 7 heteroatoms. The van der Waals surface area contributed by atoms with Crippen LogP contribution in [0.25, 0.3) is 11.5 Å². The van der Waals surface area contributed by atoms with Crippen molar-refractivity contribution < 1.29 is 13.9 Å². The molecule has 0 radical (unpaired) electrons. The molecule has 0 aliphatic rings. The number of carbonyl (C=O) groups excluding carboxylic acids is 1. The Hall–Kier alpha value is -2.37. The van der Waals surface area contributed by atoms with Gasteiger partial charge in [-0.15, -0.1) is 10.2 Å². The van der Waals surface area contributed by atoms with E-state index in [1.807, 2.05) is 0 Å². The third-order valence-electron chi connectivity index (χ3n) is 2.96. The Morgan fingerprint density at radius 3 is 2.22 bits per heavy atom. The van der Waals surface area contributed by atoms with E-state index in [0.717, 1.165) is 5.56 Å². The van der Waals surface area contributed by atoms with Gasteiger partial charge in [-0.2, -0.15) is 0 Å². The highest BCUT2D eigenvalue weighted by molar-refractivity contribution is 6.30. The second-order valence-corrected chi connectivity index (χ2v) is 5.46. The van der Waals surface area contributed by atoms with Crippen molar-refractivity contribution in [3.63, 3.8) is 0 Å². The van der Waals surface area contributed by atoms with Crippen LogP contribution in [-0.2, 0) is 11.3 Å². The Bertz CT molecular complexity index is 814. The lowest BCUT2D eigenvalue weighted by molar-refractivity contribution is 0.0438. The Balaban J connectivity index is 1.64. The van der Waals surface area contributed by atoms with Gasteiger partial charge in [0.05, 0.1) is 5.56 Å². The summed E-state index contributed by atoms with van der Waals surface area (Å²) in [6, 6.07) is 13.4. The average Bonchev–Trinajstić information content (AvgIpc) is 3.03. The van der Waals surface area contributed by atoms with Crippen molar-refractivity contribution >= 4 is 29.2 Å². The number of ether oxygens (including phenoxy) is 1. The van der Waals surface area contributed by atoms with Crippen LogP contribution in [0.2, 0.25) is 10.0 Å². The molecular weight excluding hydrogens is 339 g/mol. The Morgan fingerprint density at radius 2 is 1.57 bits per heavy atom. The summed E-state index contributed by atoms with van der Waals surface area (Å²) in [4.78, 5) is 11.9. The second kappa shape index (κ2) is 6.81. The highest BCUT2D eigenvalue weighted by atomic mass is 35.5. The SMILES string of the molecule is O=C(OCc1nnc(-c2ccc(Cl)cc2)o1)c1ccc(Cl)cc1. The summed E-state index contributed by atoms with van der Waals surface area (Å²) < 4.78 is 10.6. The van der Waals surface area contributed by atoms with Gasteiger partial charge in [0.15, 0.2) is 6.61 Å². The molecule has 0 atom stereocenters. The van der Waals surface area contributed by atoms with Crippen LogP contribution < -0.4 is 0 Å². The lowest BCUT2D eigenvalue weighted by atomic mass is 10.2. The van der Waals surface area contributed by atoms with Crippen molar-refractivity contribution in [3.05, 3.63) is 70.0 Å². The largest absolute Gasteiger partial charge is 0.452 e. The second-order valence-electron chi connectivity index (χ2n) is 4.59. The number of esters is 1. The van der Waals surface area contributed by atoms with E-state index in [-0.39, 0.29) is 12.5 Å². The van der Waals surface area contributed by atoms with Crippen LogP contribution in [0.3, 0.4) is 0 Å². The molecule has 2 aromatic carbocycles. The van der Waals surface area contributed by atoms with Gasteiger partial charge in [0, 0.05) is 15.6 Å². The minimum Gasteiger partial charge on any atom is -0.452 e. The predicted molar refractivity (Wildman–Crippen MR) is 85.3 cm³/mol. The van der Waals surface area contributed by atoms with E-state index < -0.39 is 5.97 Å². The first kappa shape index (κ1) is 15.5. The van der Waals surface area contributed by atoms with E-state index in [0.29, 0.717) is 21.5 Å². The van der Waals surface area contributed by atoms with Crippen molar-refractivity contribution in [2.45, 2.75) is 6.61 Å². The summed E-state index contributed by atoms with van der Waals surface area (Å²) >= 11 is 11.6. The first-order valence-corrected chi connectivity index (χ1v) is 7.38. The maximum absolute atomic E-state index is 11.9. The van der Waals surface area contributed by atoms with Crippen LogP contribution in [0.15, 0.2) is 52.9 Å². The highest BCUT2D eigenvalue weighted by Gasteiger charge is 2.12. The molecule has 0 bridgehead atoms. The molecule has 116 valence electrons. The molecule has 0 fully saturated rings. The minimum absolute atomic E-state index is 0.109. The predicted octanol–water partition coefficient (Wildman–Crippen LogP) is 4.40. The van der Waals surface area contributed by atoms with Crippen LogP contribution in [0.1, 0.15) is 16.2 Å². The molecule has 23 heavy (non-hydrogen) atoms. The van der Waals surface area contributed by atoms with E-state index in [2.05, 4.69) is 10.2 Å². The number of nitrogens with zero attached hydrogens (tertiary/aromatic N) is 2. The number of carbonyl (C=O) groups is 1. The molecule has 0 amide bonds. The topological polar surface area (TPSA) is 65.2 Å². The fourth-order valence-electron chi connectivity index (χ4n) is 1.82. The summed E-state index contributed by atoms with van der Waals surface area (Å²) in [5.41, 5.74) is 1.13. The Morgan fingerprint density at radius 1 is 0.957 bits per heavy atom. The van der Waals surface area contributed by atoms with Crippen LogP contribution in [0, 0.1) is 0 Å². The van der Waals surface area contributed by atoms with Gasteiger partial charge in [-0.25, -0.2) is 4.79 Å². The first-order chi connectivity index (χ1) is 11.1. The molecule has 0 saturated carbocycles. The van der Waals surface area contributed by atoms with Crippen LogP contribution in [-0.4, -0.2) is 16.2 Å². The molecule has 0 saturated heterocycles. The molecule has 1 aromatic heterocycles. The maximum atomic E-state index is 11.9. The standard InChI is InChI=1S/C16H10Cl2N2O3/c17-12-5-1-10(2-6-12)15-20-19-14(23-15)9-22-16(21)11-3-7-13(18)8-4-11/h1-8H,9H2. The smallest absolute Gasteiger partial charge is 0.338 e. The maximum Gasteiger partial charge on any atom is 0.338 e. The van der Waals surface area contributed by atoms with Gasteiger partial charge in [-0.3, -0.25) is 0 Å². The van der Waals surface area contributed by atoms with Gasteiger partial charge < -0.3 is 9.15 Å². The van der Waals surface area contributed by atoms with E-state index in [4.69, 9.17) is 32.4 Å². The number of hydrogen-bond donors (Lipinski definition) is 0. The number of benzene rings is 2. The van der Waals surface area contributed by atoms with Gasteiger partial charge in [-0.05, 0) is 48.5 Å². The molecule has 3 aromatic rings. The van der Waals surface area contributed by atoms with Gasteiger partial charge in [0.1, 0.15) is 0 Å². The monoisotopic (exact) mass is 348 g/mol. The fraction of sp³-hybridized carbons (Fsp3) is 0.0625. The molecular formula is C16H10Cl2N2O3. The molecule has 5 nitrogen and oxygen atoms in total. The average molecular weight is 349 g/mol. The first-order valence-electron chi connectivity index (χ1n) is 6.63. The quantitative estimate of drug-likeness (QED) is 0.653. The minimum atomic E-state index is -0.493. The molecule has 1 heterocycles. The zero-order chi connectivity index (χ0) is 16.2. The molecule has 0 spiro atoms. The number of aromatic nitrogens is 2. The zero-order valence-corrected chi connectivity index (χ0v) is 13.2. The van der Waals surface area contributed by atoms with Crippen molar-refractivity contribution in [1.29, 1.82) is 0 Å². The lowest BCUT2D eigenvalue weighted by Gasteiger charge is -2.01. The summed E-state index contributed by atoms with van der Waals surface area (Å²) in [5, 5.41) is 8.92. The fourth-order valence-corrected chi connectivity index (χ4v) is 2.07. The van der Waals surface area contributed by atoms with Crippen LogP contribution in [0.4, 0.5) is 0 Å². The Labute approximate surface area is 141 Å². The molecule has 0 unspecified atom stereocenters. The molecule has 0 N–H and O–H groups in total. The van der Waals surface area contributed by atoms with Crippen molar-refractivity contribution in [2.24, 2.45) is 0 Å².